The average molecular weight is 369 g/mol. The van der Waals surface area contributed by atoms with Gasteiger partial charge in [0.05, 0.1) is 11.2 Å². The fraction of sp³-hybridized carbons (Fsp3) is 0.381. The number of carbonyl (C=O) groups excluding carboxylic acids is 1. The van der Waals surface area contributed by atoms with E-state index in [0.29, 0.717) is 5.39 Å². The van der Waals surface area contributed by atoms with Gasteiger partial charge < -0.3 is 14.6 Å². The second kappa shape index (κ2) is 7.10. The van der Waals surface area contributed by atoms with Crippen LogP contribution in [0.1, 0.15) is 40.2 Å². The normalized spacial score (nSPS) is 18.7. The molecular weight excluding hydrogens is 344 g/mol. The summed E-state index contributed by atoms with van der Waals surface area (Å²) in [5.41, 5.74) is 0.651. The summed E-state index contributed by atoms with van der Waals surface area (Å²) in [6.45, 7) is 9.69. The Hall–Kier alpha value is -2.18. The zero-order valence-electron chi connectivity index (χ0n) is 16.4. The van der Waals surface area contributed by atoms with E-state index in [9.17, 15) is 9.18 Å². The number of hydrogen-bond donors (Lipinski definition) is 1. The van der Waals surface area contributed by atoms with Crippen molar-refractivity contribution in [3.63, 3.8) is 0 Å². The van der Waals surface area contributed by atoms with Gasteiger partial charge in [-0.25, -0.2) is 4.39 Å². The van der Waals surface area contributed by atoms with Crippen molar-refractivity contribution in [1.29, 1.82) is 0 Å². The predicted octanol–water partition coefficient (Wildman–Crippen LogP) is 4.13. The summed E-state index contributed by atoms with van der Waals surface area (Å²) in [5.74, 6) is -0.400. The van der Waals surface area contributed by atoms with Gasteiger partial charge in [0.15, 0.2) is 0 Å². The van der Waals surface area contributed by atoms with E-state index in [1.165, 1.54) is 13.0 Å². The number of amides is 1. The van der Waals surface area contributed by atoms with Crippen LogP contribution in [-0.2, 0) is 14.1 Å². The molecule has 1 saturated heterocycles. The first kappa shape index (κ1) is 19.6. The molecule has 1 aliphatic rings. The molecule has 0 radical (unpaired) electrons. The van der Waals surface area contributed by atoms with E-state index < -0.39 is 18.3 Å². The molecule has 2 aromatic carbocycles. The first-order chi connectivity index (χ1) is 12.6. The van der Waals surface area contributed by atoms with E-state index >= 15 is 0 Å². The molecule has 2 aromatic rings. The first-order valence-corrected chi connectivity index (χ1v) is 9.08. The average Bonchev–Trinajstić information content (AvgIpc) is 2.81. The predicted molar refractivity (Wildman–Crippen MR) is 107 cm³/mol. The second-order valence-electron chi connectivity index (χ2n) is 7.90. The number of halogens is 1. The Morgan fingerprint density at radius 3 is 2.26 bits per heavy atom. The van der Waals surface area contributed by atoms with Crippen molar-refractivity contribution in [2.24, 2.45) is 0 Å². The van der Waals surface area contributed by atoms with Crippen LogP contribution in [0.25, 0.3) is 16.8 Å². The van der Waals surface area contributed by atoms with E-state index in [4.69, 9.17) is 9.31 Å². The Balaban J connectivity index is 2.04. The Kier molecular flexibility index (Phi) is 5.15. The molecule has 0 aromatic heterocycles. The van der Waals surface area contributed by atoms with Gasteiger partial charge in [-0.05, 0) is 50.2 Å². The highest BCUT2D eigenvalue weighted by Crippen LogP contribution is 2.39. The van der Waals surface area contributed by atoms with Crippen molar-refractivity contribution < 1.29 is 18.5 Å². The highest BCUT2D eigenvalue weighted by atomic mass is 19.1. The van der Waals surface area contributed by atoms with Crippen LogP contribution in [0.2, 0.25) is 0 Å². The molecule has 0 unspecified atom stereocenters. The molecule has 4 nitrogen and oxygen atoms in total. The van der Waals surface area contributed by atoms with Crippen molar-refractivity contribution in [2.75, 3.05) is 6.54 Å². The summed E-state index contributed by atoms with van der Waals surface area (Å²) < 4.78 is 26.4. The minimum absolute atomic E-state index is 0.138. The van der Waals surface area contributed by atoms with Gasteiger partial charge in [-0.1, -0.05) is 36.4 Å². The monoisotopic (exact) mass is 369 g/mol. The highest BCUT2D eigenvalue weighted by molar-refractivity contribution is 6.56. The van der Waals surface area contributed by atoms with Gasteiger partial charge >= 0.3 is 7.12 Å². The smallest absolute Gasteiger partial charge is 0.400 e. The molecular formula is C21H25BFNO3. The summed E-state index contributed by atoms with van der Waals surface area (Å²) in [4.78, 5) is 11.5. The van der Waals surface area contributed by atoms with Gasteiger partial charge in [0, 0.05) is 18.9 Å². The van der Waals surface area contributed by atoms with E-state index in [1.54, 1.807) is 12.1 Å². The van der Waals surface area contributed by atoms with Crippen LogP contribution in [-0.4, -0.2) is 30.8 Å². The maximum Gasteiger partial charge on any atom is 0.492 e. The van der Waals surface area contributed by atoms with Crippen LogP contribution >= 0.6 is 0 Å². The SMILES string of the molecule is CC(=O)NCC(=Cc1ccc(F)c2ccccc12)B1OC(C)(C)C(C)(C)O1. The molecule has 27 heavy (non-hydrogen) atoms. The summed E-state index contributed by atoms with van der Waals surface area (Å²) in [6.07, 6.45) is 1.92. The number of nitrogens with one attached hydrogen (secondary N) is 1. The molecule has 0 spiro atoms. The van der Waals surface area contributed by atoms with Gasteiger partial charge in [0.25, 0.3) is 0 Å². The van der Waals surface area contributed by atoms with Crippen molar-refractivity contribution in [2.45, 2.75) is 45.8 Å². The molecule has 1 amide bonds. The lowest BCUT2D eigenvalue weighted by atomic mass is 9.76. The lowest BCUT2D eigenvalue weighted by molar-refractivity contribution is -0.118. The molecule has 1 fully saturated rings. The molecule has 0 bridgehead atoms. The largest absolute Gasteiger partial charge is 0.492 e. The molecule has 142 valence electrons. The Bertz CT molecular complexity index is 891. The van der Waals surface area contributed by atoms with Gasteiger partial charge in [-0.3, -0.25) is 4.79 Å². The third-order valence-electron chi connectivity index (χ3n) is 5.34. The Morgan fingerprint density at radius 2 is 1.67 bits per heavy atom. The van der Waals surface area contributed by atoms with Crippen LogP contribution in [0.15, 0.2) is 41.9 Å². The number of hydrogen-bond acceptors (Lipinski definition) is 3. The standard InChI is InChI=1S/C21H25BFNO3/c1-14(25)24-13-16(22-26-20(2,3)21(4,5)27-22)12-15-10-11-19(23)18-9-7-6-8-17(15)18/h6-12H,13H2,1-5H3,(H,24,25). The van der Waals surface area contributed by atoms with E-state index in [0.717, 1.165) is 16.4 Å². The lowest BCUT2D eigenvalue weighted by Crippen LogP contribution is -2.41. The maximum atomic E-state index is 14.1. The molecule has 6 heteroatoms. The van der Waals surface area contributed by atoms with Crippen molar-refractivity contribution >= 4 is 29.9 Å². The molecule has 1 aliphatic heterocycles. The number of carbonyl (C=O) groups is 1. The minimum atomic E-state index is -0.592. The first-order valence-electron chi connectivity index (χ1n) is 9.08. The van der Waals surface area contributed by atoms with Gasteiger partial charge in [0.1, 0.15) is 5.82 Å². The summed E-state index contributed by atoms with van der Waals surface area (Å²) in [6, 6.07) is 10.5. The van der Waals surface area contributed by atoms with Crippen LogP contribution in [0.5, 0.6) is 0 Å². The van der Waals surface area contributed by atoms with Crippen LogP contribution in [0, 0.1) is 5.82 Å². The van der Waals surface area contributed by atoms with Crippen LogP contribution < -0.4 is 5.32 Å². The number of fused-ring (bicyclic) bond motifs is 1. The molecule has 0 saturated carbocycles. The summed E-state index contributed by atoms with van der Waals surface area (Å²) >= 11 is 0. The van der Waals surface area contributed by atoms with Gasteiger partial charge in [0.2, 0.25) is 5.91 Å². The molecule has 3 rings (SSSR count). The summed E-state index contributed by atoms with van der Waals surface area (Å²) in [7, 11) is -0.592. The van der Waals surface area contributed by atoms with Crippen molar-refractivity contribution in [3.05, 3.63) is 53.3 Å². The fourth-order valence-electron chi connectivity index (χ4n) is 3.03. The maximum absolute atomic E-state index is 14.1. The Labute approximate surface area is 159 Å². The second-order valence-corrected chi connectivity index (χ2v) is 7.90. The fourth-order valence-corrected chi connectivity index (χ4v) is 3.03. The van der Waals surface area contributed by atoms with Gasteiger partial charge in [-0.15, -0.1) is 0 Å². The van der Waals surface area contributed by atoms with Gasteiger partial charge in [-0.2, -0.15) is 0 Å². The third kappa shape index (κ3) is 3.92. The topological polar surface area (TPSA) is 47.6 Å². The summed E-state index contributed by atoms with van der Waals surface area (Å²) in [5, 5.41) is 4.17. The lowest BCUT2D eigenvalue weighted by Gasteiger charge is -2.32. The third-order valence-corrected chi connectivity index (χ3v) is 5.34. The zero-order chi connectivity index (χ0) is 19.8. The van der Waals surface area contributed by atoms with Crippen molar-refractivity contribution in [1.82, 2.24) is 5.32 Å². The Morgan fingerprint density at radius 1 is 1.07 bits per heavy atom. The molecule has 1 heterocycles. The van der Waals surface area contributed by atoms with Crippen molar-refractivity contribution in [3.8, 4) is 0 Å². The molecule has 0 atom stereocenters. The van der Waals surface area contributed by atoms with E-state index in [-0.39, 0.29) is 18.3 Å². The zero-order valence-corrected chi connectivity index (χ0v) is 16.4. The number of rotatable bonds is 4. The molecule has 1 N–H and O–H groups in total. The van der Waals surface area contributed by atoms with E-state index in [1.807, 2.05) is 52.0 Å². The molecule has 0 aliphatic carbocycles. The highest BCUT2D eigenvalue weighted by Gasteiger charge is 2.52. The minimum Gasteiger partial charge on any atom is -0.400 e. The number of benzene rings is 2. The van der Waals surface area contributed by atoms with E-state index in [2.05, 4.69) is 5.32 Å². The quantitative estimate of drug-likeness (QED) is 0.825. The van der Waals surface area contributed by atoms with Crippen LogP contribution in [0.3, 0.4) is 0 Å². The van der Waals surface area contributed by atoms with Crippen LogP contribution in [0.4, 0.5) is 4.39 Å².